The zero-order chi connectivity index (χ0) is 11.1. The first-order valence-corrected chi connectivity index (χ1v) is 5.73. The van der Waals surface area contributed by atoms with E-state index in [4.69, 9.17) is 11.6 Å². The Kier molecular flexibility index (Phi) is 5.44. The molecule has 0 saturated carbocycles. The molecular formula is C13H18ClN. The van der Waals surface area contributed by atoms with Crippen molar-refractivity contribution in [3.8, 4) is 0 Å². The molecule has 0 unspecified atom stereocenters. The Morgan fingerprint density at radius 3 is 2.93 bits per heavy atom. The van der Waals surface area contributed by atoms with Crippen molar-refractivity contribution < 1.29 is 0 Å². The van der Waals surface area contributed by atoms with Crippen molar-refractivity contribution in [3.05, 3.63) is 40.4 Å². The predicted molar refractivity (Wildman–Crippen MR) is 68.3 cm³/mol. The van der Waals surface area contributed by atoms with E-state index in [0.29, 0.717) is 0 Å². The van der Waals surface area contributed by atoms with Gasteiger partial charge in [0.05, 0.1) is 0 Å². The number of benzene rings is 1. The second kappa shape index (κ2) is 6.65. The van der Waals surface area contributed by atoms with Gasteiger partial charge in [-0.05, 0) is 37.6 Å². The summed E-state index contributed by atoms with van der Waals surface area (Å²) in [7, 11) is 0. The fourth-order valence-corrected chi connectivity index (χ4v) is 1.59. The Balaban J connectivity index is 2.54. The van der Waals surface area contributed by atoms with Gasteiger partial charge in [0.1, 0.15) is 0 Å². The minimum Gasteiger partial charge on any atom is -0.313 e. The maximum atomic E-state index is 5.91. The molecule has 1 aromatic carbocycles. The topological polar surface area (TPSA) is 12.0 Å². The van der Waals surface area contributed by atoms with Crippen molar-refractivity contribution in [2.24, 2.45) is 0 Å². The Bertz CT molecular complexity index is 331. The van der Waals surface area contributed by atoms with Crippen molar-refractivity contribution in [2.75, 3.05) is 13.1 Å². The third-order valence-electron chi connectivity index (χ3n) is 2.09. The van der Waals surface area contributed by atoms with Crippen LogP contribution in [0.3, 0.4) is 0 Å². The van der Waals surface area contributed by atoms with Crippen LogP contribution in [0.4, 0.5) is 0 Å². The molecule has 0 bridgehead atoms. The van der Waals surface area contributed by atoms with Gasteiger partial charge in [-0.2, -0.15) is 0 Å². The van der Waals surface area contributed by atoms with Crippen LogP contribution in [0.25, 0.3) is 6.08 Å². The molecule has 1 aromatic rings. The molecule has 1 nitrogen and oxygen atoms in total. The van der Waals surface area contributed by atoms with Gasteiger partial charge in [0, 0.05) is 11.6 Å². The Hall–Kier alpha value is -0.790. The van der Waals surface area contributed by atoms with Crippen molar-refractivity contribution >= 4 is 17.7 Å². The van der Waals surface area contributed by atoms with E-state index in [1.165, 1.54) is 17.6 Å². The molecule has 2 heteroatoms. The highest BCUT2D eigenvalue weighted by Crippen LogP contribution is 2.13. The minimum atomic E-state index is 0.790. The molecule has 82 valence electrons. The summed E-state index contributed by atoms with van der Waals surface area (Å²) in [5, 5.41) is 4.16. The van der Waals surface area contributed by atoms with Gasteiger partial charge < -0.3 is 5.32 Å². The molecule has 0 fully saturated rings. The lowest BCUT2D eigenvalue weighted by atomic mass is 10.1. The Morgan fingerprint density at radius 1 is 1.47 bits per heavy atom. The maximum absolute atomic E-state index is 5.91. The van der Waals surface area contributed by atoms with E-state index in [9.17, 15) is 0 Å². The quantitative estimate of drug-likeness (QED) is 0.750. The molecule has 15 heavy (non-hydrogen) atoms. The van der Waals surface area contributed by atoms with Crippen LogP contribution in [0, 0.1) is 0 Å². The van der Waals surface area contributed by atoms with Gasteiger partial charge in [0.15, 0.2) is 0 Å². The average molecular weight is 224 g/mol. The van der Waals surface area contributed by atoms with E-state index in [-0.39, 0.29) is 0 Å². The molecule has 1 rings (SSSR count). The van der Waals surface area contributed by atoms with Crippen LogP contribution >= 0.6 is 11.6 Å². The number of halogens is 1. The molecule has 0 saturated heterocycles. The van der Waals surface area contributed by atoms with E-state index in [1.54, 1.807) is 0 Å². The van der Waals surface area contributed by atoms with Crippen molar-refractivity contribution in [1.82, 2.24) is 5.32 Å². The summed E-state index contributed by atoms with van der Waals surface area (Å²) in [5.74, 6) is 0. The molecule has 0 heterocycles. The van der Waals surface area contributed by atoms with Gasteiger partial charge in [0.2, 0.25) is 0 Å². The molecule has 0 aromatic heterocycles. The summed E-state index contributed by atoms with van der Waals surface area (Å²) < 4.78 is 0. The van der Waals surface area contributed by atoms with Crippen LogP contribution in [0.5, 0.6) is 0 Å². The SMILES string of the molecule is CCCNCC(C)=Cc1cccc(Cl)c1. The molecule has 0 aliphatic carbocycles. The summed E-state index contributed by atoms with van der Waals surface area (Å²) in [6, 6.07) is 7.91. The van der Waals surface area contributed by atoms with Crippen molar-refractivity contribution in [3.63, 3.8) is 0 Å². The second-order valence-electron chi connectivity index (χ2n) is 3.72. The largest absolute Gasteiger partial charge is 0.313 e. The van der Waals surface area contributed by atoms with Gasteiger partial charge in [0.25, 0.3) is 0 Å². The van der Waals surface area contributed by atoms with Crippen LogP contribution in [0.2, 0.25) is 5.02 Å². The predicted octanol–water partition coefficient (Wildman–Crippen LogP) is 3.74. The van der Waals surface area contributed by atoms with Gasteiger partial charge in [-0.25, -0.2) is 0 Å². The molecule has 0 aliphatic rings. The van der Waals surface area contributed by atoms with Crippen LogP contribution in [-0.4, -0.2) is 13.1 Å². The van der Waals surface area contributed by atoms with Gasteiger partial charge in [-0.1, -0.05) is 42.3 Å². The molecule has 1 N–H and O–H groups in total. The average Bonchev–Trinajstić information content (AvgIpc) is 2.18. The lowest BCUT2D eigenvalue weighted by Crippen LogP contribution is -2.16. The monoisotopic (exact) mass is 223 g/mol. The number of hydrogen-bond donors (Lipinski definition) is 1. The third-order valence-corrected chi connectivity index (χ3v) is 2.33. The fraction of sp³-hybridized carbons (Fsp3) is 0.385. The molecule has 0 radical (unpaired) electrons. The smallest absolute Gasteiger partial charge is 0.0411 e. The van der Waals surface area contributed by atoms with E-state index in [0.717, 1.165) is 18.1 Å². The van der Waals surface area contributed by atoms with Crippen molar-refractivity contribution in [1.29, 1.82) is 0 Å². The molecule has 0 amide bonds. The molecule has 0 atom stereocenters. The number of nitrogens with one attached hydrogen (secondary N) is 1. The van der Waals surface area contributed by atoms with E-state index in [2.05, 4.69) is 31.3 Å². The van der Waals surface area contributed by atoms with Crippen molar-refractivity contribution in [2.45, 2.75) is 20.3 Å². The first kappa shape index (κ1) is 12.3. The van der Waals surface area contributed by atoms with Gasteiger partial charge in [-0.15, -0.1) is 0 Å². The highest BCUT2D eigenvalue weighted by molar-refractivity contribution is 6.30. The molecular weight excluding hydrogens is 206 g/mol. The minimum absolute atomic E-state index is 0.790. The van der Waals surface area contributed by atoms with Crippen LogP contribution in [-0.2, 0) is 0 Å². The summed E-state index contributed by atoms with van der Waals surface area (Å²) in [6.45, 7) is 6.31. The fourth-order valence-electron chi connectivity index (χ4n) is 1.39. The lowest BCUT2D eigenvalue weighted by molar-refractivity contribution is 0.715. The second-order valence-corrected chi connectivity index (χ2v) is 4.16. The summed E-state index contributed by atoms with van der Waals surface area (Å²) in [4.78, 5) is 0. The van der Waals surface area contributed by atoms with Crippen LogP contribution < -0.4 is 5.32 Å². The van der Waals surface area contributed by atoms with E-state index < -0.39 is 0 Å². The maximum Gasteiger partial charge on any atom is 0.0411 e. The highest BCUT2D eigenvalue weighted by atomic mass is 35.5. The van der Waals surface area contributed by atoms with Gasteiger partial charge >= 0.3 is 0 Å². The zero-order valence-electron chi connectivity index (χ0n) is 9.39. The zero-order valence-corrected chi connectivity index (χ0v) is 10.1. The first-order chi connectivity index (χ1) is 7.22. The number of rotatable bonds is 5. The summed E-state index contributed by atoms with van der Waals surface area (Å²) in [5.41, 5.74) is 2.49. The van der Waals surface area contributed by atoms with Crippen LogP contribution in [0.15, 0.2) is 29.8 Å². The third kappa shape index (κ3) is 5.01. The standard InChI is InChI=1S/C13H18ClN/c1-3-7-15-10-11(2)8-12-5-4-6-13(14)9-12/h4-6,8-9,15H,3,7,10H2,1-2H3. The van der Waals surface area contributed by atoms with E-state index in [1.807, 2.05) is 18.2 Å². The molecule has 0 aliphatic heterocycles. The normalized spacial score (nSPS) is 11.8. The number of hydrogen-bond acceptors (Lipinski definition) is 1. The summed E-state index contributed by atoms with van der Waals surface area (Å²) in [6.07, 6.45) is 3.33. The Morgan fingerprint density at radius 2 is 2.27 bits per heavy atom. The van der Waals surface area contributed by atoms with E-state index >= 15 is 0 Å². The Labute approximate surface area is 97.1 Å². The molecule has 0 spiro atoms. The summed E-state index contributed by atoms with van der Waals surface area (Å²) >= 11 is 5.91. The lowest BCUT2D eigenvalue weighted by Gasteiger charge is -2.03. The van der Waals surface area contributed by atoms with Crippen LogP contribution in [0.1, 0.15) is 25.8 Å². The van der Waals surface area contributed by atoms with Gasteiger partial charge in [-0.3, -0.25) is 0 Å². The first-order valence-electron chi connectivity index (χ1n) is 5.36. The highest BCUT2D eigenvalue weighted by Gasteiger charge is 1.92.